The van der Waals surface area contributed by atoms with Crippen LogP contribution in [-0.2, 0) is 0 Å². The van der Waals surface area contributed by atoms with Gasteiger partial charge in [0.05, 0.1) is 0 Å². The molecule has 0 bridgehead atoms. The van der Waals surface area contributed by atoms with Crippen LogP contribution >= 0.6 is 0 Å². The molecule has 0 aromatic carbocycles. The molecule has 0 aliphatic rings. The molecule has 0 saturated carbocycles. The van der Waals surface area contributed by atoms with E-state index in [1.165, 1.54) is 0 Å². The van der Waals surface area contributed by atoms with Gasteiger partial charge in [-0.25, -0.2) is 0 Å². The standard InChI is InChI=1S/C21H45N/c1-12(2)13(3)14(4)15(5)16(6)17(7)18(8)19(9)20(10)21(11)22/h12-21H,22H2,1-11H3. The van der Waals surface area contributed by atoms with Crippen molar-refractivity contribution in [2.24, 2.45) is 59.0 Å². The highest BCUT2D eigenvalue weighted by molar-refractivity contribution is 4.83. The molecule has 0 rings (SSSR count). The van der Waals surface area contributed by atoms with Crippen LogP contribution < -0.4 is 5.73 Å². The van der Waals surface area contributed by atoms with Gasteiger partial charge in [-0.3, -0.25) is 0 Å². The summed E-state index contributed by atoms with van der Waals surface area (Å²) in [5, 5.41) is 0. The van der Waals surface area contributed by atoms with Crippen molar-refractivity contribution in [2.45, 2.75) is 82.2 Å². The van der Waals surface area contributed by atoms with Gasteiger partial charge in [0.25, 0.3) is 0 Å². The molecule has 0 heterocycles. The van der Waals surface area contributed by atoms with E-state index < -0.39 is 0 Å². The predicted molar refractivity (Wildman–Crippen MR) is 102 cm³/mol. The molecule has 0 fully saturated rings. The molecule has 134 valence electrons. The minimum absolute atomic E-state index is 0.289. The first-order chi connectivity index (χ1) is 9.93. The molecule has 0 aromatic rings. The van der Waals surface area contributed by atoms with Crippen molar-refractivity contribution >= 4 is 0 Å². The largest absolute Gasteiger partial charge is 0.328 e. The first-order valence-electron chi connectivity index (χ1n) is 9.68. The molecule has 1 heteroatoms. The lowest BCUT2D eigenvalue weighted by Gasteiger charge is -2.40. The van der Waals surface area contributed by atoms with E-state index in [1.54, 1.807) is 0 Å². The van der Waals surface area contributed by atoms with Gasteiger partial charge in [0.1, 0.15) is 0 Å². The summed E-state index contributed by atoms with van der Waals surface area (Å²) in [6.07, 6.45) is 0. The second kappa shape index (κ2) is 9.30. The molecule has 2 N–H and O–H groups in total. The van der Waals surface area contributed by atoms with Gasteiger partial charge in [0.15, 0.2) is 0 Å². The molecule has 0 amide bonds. The summed E-state index contributed by atoms with van der Waals surface area (Å²) >= 11 is 0. The average Bonchev–Trinajstić information content (AvgIpc) is 2.48. The summed E-state index contributed by atoms with van der Waals surface area (Å²) < 4.78 is 0. The van der Waals surface area contributed by atoms with Crippen LogP contribution in [0.4, 0.5) is 0 Å². The number of hydrogen-bond donors (Lipinski definition) is 1. The zero-order valence-electron chi connectivity index (χ0n) is 17.4. The molecule has 0 radical (unpaired) electrons. The predicted octanol–water partition coefficient (Wildman–Crippen LogP) is 6.08. The first kappa shape index (κ1) is 22.0. The molecule has 0 saturated heterocycles. The Morgan fingerprint density at radius 3 is 0.818 bits per heavy atom. The zero-order chi connectivity index (χ0) is 17.8. The van der Waals surface area contributed by atoms with Crippen molar-refractivity contribution in [3.8, 4) is 0 Å². The second-order valence-corrected chi connectivity index (χ2v) is 8.98. The van der Waals surface area contributed by atoms with Crippen molar-refractivity contribution in [3.63, 3.8) is 0 Å². The summed E-state index contributed by atoms with van der Waals surface area (Å²) in [4.78, 5) is 0. The highest BCUT2D eigenvalue weighted by atomic mass is 14.6. The fourth-order valence-corrected chi connectivity index (χ4v) is 3.96. The van der Waals surface area contributed by atoms with Crippen molar-refractivity contribution in [3.05, 3.63) is 0 Å². The van der Waals surface area contributed by atoms with Crippen LogP contribution in [-0.4, -0.2) is 6.04 Å². The van der Waals surface area contributed by atoms with Gasteiger partial charge in [-0.1, -0.05) is 69.2 Å². The van der Waals surface area contributed by atoms with E-state index in [1.807, 2.05) is 0 Å². The Hall–Kier alpha value is -0.0400. The van der Waals surface area contributed by atoms with Crippen LogP contribution in [0.25, 0.3) is 0 Å². The fourth-order valence-electron chi connectivity index (χ4n) is 3.96. The second-order valence-electron chi connectivity index (χ2n) is 8.98. The lowest BCUT2D eigenvalue weighted by Crippen LogP contribution is -2.37. The summed E-state index contributed by atoms with van der Waals surface area (Å²) in [5.74, 6) is 6.62. The van der Waals surface area contributed by atoms with Crippen molar-refractivity contribution < 1.29 is 0 Å². The Bertz CT molecular complexity index is 266. The zero-order valence-corrected chi connectivity index (χ0v) is 17.4. The van der Waals surface area contributed by atoms with E-state index in [2.05, 4.69) is 76.2 Å². The number of hydrogen-bond acceptors (Lipinski definition) is 1. The molecule has 0 aliphatic heterocycles. The molecule has 9 unspecified atom stereocenters. The molecule has 0 aromatic heterocycles. The number of rotatable bonds is 9. The van der Waals surface area contributed by atoms with Crippen LogP contribution in [0.2, 0.25) is 0 Å². The summed E-state index contributed by atoms with van der Waals surface area (Å²) in [6.45, 7) is 26.3. The summed E-state index contributed by atoms with van der Waals surface area (Å²) in [6, 6.07) is 0.289. The van der Waals surface area contributed by atoms with Gasteiger partial charge >= 0.3 is 0 Å². The maximum atomic E-state index is 6.13. The minimum atomic E-state index is 0.289. The molecule has 9 atom stereocenters. The fraction of sp³-hybridized carbons (Fsp3) is 1.00. The Labute approximate surface area is 141 Å². The van der Waals surface area contributed by atoms with E-state index in [9.17, 15) is 0 Å². The first-order valence-corrected chi connectivity index (χ1v) is 9.68. The smallest absolute Gasteiger partial charge is 0.00387 e. The van der Waals surface area contributed by atoms with Gasteiger partial charge < -0.3 is 5.73 Å². The average molecular weight is 312 g/mol. The molecular weight excluding hydrogens is 266 g/mol. The van der Waals surface area contributed by atoms with Gasteiger partial charge in [-0.05, 0) is 60.2 Å². The molecule has 1 nitrogen and oxygen atoms in total. The van der Waals surface area contributed by atoms with Gasteiger partial charge in [0.2, 0.25) is 0 Å². The Morgan fingerprint density at radius 1 is 0.364 bits per heavy atom. The van der Waals surface area contributed by atoms with Gasteiger partial charge in [0, 0.05) is 6.04 Å². The van der Waals surface area contributed by atoms with E-state index >= 15 is 0 Å². The lowest BCUT2D eigenvalue weighted by atomic mass is 9.66. The topological polar surface area (TPSA) is 26.0 Å². The molecule has 0 aliphatic carbocycles. The third kappa shape index (κ3) is 5.55. The lowest BCUT2D eigenvalue weighted by molar-refractivity contribution is 0.0899. The van der Waals surface area contributed by atoms with Crippen LogP contribution in [0.5, 0.6) is 0 Å². The van der Waals surface area contributed by atoms with Gasteiger partial charge in [-0.15, -0.1) is 0 Å². The summed E-state index contributed by atoms with van der Waals surface area (Å²) in [7, 11) is 0. The van der Waals surface area contributed by atoms with E-state index in [0.29, 0.717) is 11.8 Å². The van der Waals surface area contributed by atoms with Crippen molar-refractivity contribution in [1.29, 1.82) is 0 Å². The van der Waals surface area contributed by atoms with E-state index in [-0.39, 0.29) is 6.04 Å². The van der Waals surface area contributed by atoms with Gasteiger partial charge in [-0.2, -0.15) is 0 Å². The number of nitrogens with two attached hydrogens (primary N) is 1. The maximum Gasteiger partial charge on any atom is 0.00387 e. The highest BCUT2D eigenvalue weighted by Crippen LogP contribution is 2.39. The molecule has 22 heavy (non-hydrogen) atoms. The Morgan fingerprint density at radius 2 is 0.591 bits per heavy atom. The maximum absolute atomic E-state index is 6.13. The van der Waals surface area contributed by atoms with Crippen LogP contribution in [0.15, 0.2) is 0 Å². The highest BCUT2D eigenvalue weighted by Gasteiger charge is 2.33. The van der Waals surface area contributed by atoms with Crippen molar-refractivity contribution in [2.75, 3.05) is 0 Å². The Balaban J connectivity index is 4.86. The van der Waals surface area contributed by atoms with Crippen LogP contribution in [0, 0.1) is 53.3 Å². The summed E-state index contributed by atoms with van der Waals surface area (Å²) in [5.41, 5.74) is 6.13. The minimum Gasteiger partial charge on any atom is -0.328 e. The molecule has 0 spiro atoms. The monoisotopic (exact) mass is 311 g/mol. The third-order valence-electron chi connectivity index (χ3n) is 7.69. The molecular formula is C21H45N. The van der Waals surface area contributed by atoms with E-state index in [0.717, 1.165) is 41.4 Å². The van der Waals surface area contributed by atoms with Crippen molar-refractivity contribution in [1.82, 2.24) is 0 Å². The Kier molecular flexibility index (Phi) is 9.29. The van der Waals surface area contributed by atoms with Crippen LogP contribution in [0.3, 0.4) is 0 Å². The van der Waals surface area contributed by atoms with Crippen LogP contribution in [0.1, 0.15) is 76.2 Å². The normalized spacial score (nSPS) is 25.0. The quantitative estimate of drug-likeness (QED) is 0.548. The SMILES string of the molecule is CC(C)C(C)C(C)C(C)C(C)C(C)C(C)C(C)C(C)C(C)N. The third-order valence-corrected chi connectivity index (χ3v) is 7.69. The van der Waals surface area contributed by atoms with E-state index in [4.69, 9.17) is 5.73 Å².